The van der Waals surface area contributed by atoms with Crippen LogP contribution in [0.15, 0.2) is 24.3 Å². The van der Waals surface area contributed by atoms with Crippen molar-refractivity contribution in [3.8, 4) is 0 Å². The molecule has 0 spiro atoms. The zero-order chi connectivity index (χ0) is 14.5. The number of likely N-dealkylation sites (tertiary alicyclic amines) is 1. The van der Waals surface area contributed by atoms with Crippen LogP contribution in [0.25, 0.3) is 0 Å². The third-order valence-electron chi connectivity index (χ3n) is 4.08. The standard InChI is InChI=1S/C18H30N2/c1-14(2)10-19-18-9-16(4)11-20(13-18)12-17-7-5-15(3)6-8-17/h5-8,14,16,18-19H,9-13H2,1-4H3. The average Bonchev–Trinajstić information content (AvgIpc) is 2.38. The van der Waals surface area contributed by atoms with Crippen molar-refractivity contribution in [3.05, 3.63) is 35.4 Å². The van der Waals surface area contributed by atoms with Gasteiger partial charge in [-0.15, -0.1) is 0 Å². The minimum Gasteiger partial charge on any atom is -0.312 e. The van der Waals surface area contributed by atoms with Crippen molar-refractivity contribution in [3.63, 3.8) is 0 Å². The van der Waals surface area contributed by atoms with Gasteiger partial charge in [-0.1, -0.05) is 50.6 Å². The Morgan fingerprint density at radius 2 is 1.90 bits per heavy atom. The highest BCUT2D eigenvalue weighted by atomic mass is 15.2. The van der Waals surface area contributed by atoms with Crippen LogP contribution in [-0.4, -0.2) is 30.6 Å². The maximum Gasteiger partial charge on any atom is 0.0234 e. The molecule has 1 heterocycles. The Bertz CT molecular complexity index is 396. The van der Waals surface area contributed by atoms with Crippen molar-refractivity contribution >= 4 is 0 Å². The van der Waals surface area contributed by atoms with Crippen LogP contribution in [0.2, 0.25) is 0 Å². The zero-order valence-electron chi connectivity index (χ0n) is 13.5. The molecule has 2 atom stereocenters. The molecule has 2 heteroatoms. The van der Waals surface area contributed by atoms with E-state index in [0.717, 1.165) is 24.9 Å². The third-order valence-corrected chi connectivity index (χ3v) is 4.08. The molecule has 0 saturated carbocycles. The van der Waals surface area contributed by atoms with Crippen LogP contribution in [0.3, 0.4) is 0 Å². The molecular weight excluding hydrogens is 244 g/mol. The molecule has 1 aliphatic rings. The second-order valence-electron chi connectivity index (χ2n) is 7.02. The molecule has 1 N–H and O–H groups in total. The van der Waals surface area contributed by atoms with Gasteiger partial charge in [0.2, 0.25) is 0 Å². The molecule has 1 aliphatic heterocycles. The molecule has 0 radical (unpaired) electrons. The van der Waals surface area contributed by atoms with Crippen LogP contribution in [-0.2, 0) is 6.54 Å². The van der Waals surface area contributed by atoms with Crippen molar-refractivity contribution < 1.29 is 0 Å². The number of nitrogens with one attached hydrogen (secondary N) is 1. The van der Waals surface area contributed by atoms with E-state index in [9.17, 15) is 0 Å². The molecule has 0 amide bonds. The lowest BCUT2D eigenvalue weighted by Gasteiger charge is -2.37. The first-order valence-electron chi connectivity index (χ1n) is 8.04. The SMILES string of the molecule is Cc1ccc(CN2CC(C)CC(NCC(C)C)C2)cc1. The fraction of sp³-hybridized carbons (Fsp3) is 0.667. The first-order valence-corrected chi connectivity index (χ1v) is 8.04. The van der Waals surface area contributed by atoms with Crippen molar-refractivity contribution in [1.82, 2.24) is 10.2 Å². The second kappa shape index (κ2) is 7.24. The summed E-state index contributed by atoms with van der Waals surface area (Å²) in [6, 6.07) is 9.64. The monoisotopic (exact) mass is 274 g/mol. The van der Waals surface area contributed by atoms with Gasteiger partial charge in [-0.2, -0.15) is 0 Å². The smallest absolute Gasteiger partial charge is 0.0234 e. The second-order valence-corrected chi connectivity index (χ2v) is 7.02. The fourth-order valence-electron chi connectivity index (χ4n) is 3.09. The molecule has 20 heavy (non-hydrogen) atoms. The fourth-order valence-corrected chi connectivity index (χ4v) is 3.09. The summed E-state index contributed by atoms with van der Waals surface area (Å²) in [4.78, 5) is 2.61. The average molecular weight is 274 g/mol. The van der Waals surface area contributed by atoms with Crippen molar-refractivity contribution in [2.24, 2.45) is 11.8 Å². The summed E-state index contributed by atoms with van der Waals surface area (Å²) in [5.74, 6) is 1.52. The number of hydrogen-bond donors (Lipinski definition) is 1. The van der Waals surface area contributed by atoms with E-state index in [1.165, 1.54) is 30.6 Å². The lowest BCUT2D eigenvalue weighted by atomic mass is 9.95. The van der Waals surface area contributed by atoms with Gasteiger partial charge in [0.25, 0.3) is 0 Å². The van der Waals surface area contributed by atoms with Crippen LogP contribution < -0.4 is 5.32 Å². The van der Waals surface area contributed by atoms with Gasteiger partial charge in [0.15, 0.2) is 0 Å². The molecule has 0 aromatic heterocycles. The lowest BCUT2D eigenvalue weighted by molar-refractivity contribution is 0.141. The van der Waals surface area contributed by atoms with E-state index in [2.05, 4.69) is 62.2 Å². The topological polar surface area (TPSA) is 15.3 Å². The van der Waals surface area contributed by atoms with Crippen LogP contribution in [0.1, 0.15) is 38.3 Å². The van der Waals surface area contributed by atoms with Crippen LogP contribution in [0.5, 0.6) is 0 Å². The van der Waals surface area contributed by atoms with Crippen LogP contribution in [0.4, 0.5) is 0 Å². The van der Waals surface area contributed by atoms with E-state index in [0.29, 0.717) is 6.04 Å². The summed E-state index contributed by atoms with van der Waals surface area (Å²) in [5, 5.41) is 3.73. The van der Waals surface area contributed by atoms with Crippen molar-refractivity contribution in [1.29, 1.82) is 0 Å². The lowest BCUT2D eigenvalue weighted by Crippen LogP contribution is -2.49. The highest BCUT2D eigenvalue weighted by molar-refractivity contribution is 5.21. The van der Waals surface area contributed by atoms with Gasteiger partial charge in [0.05, 0.1) is 0 Å². The first-order chi connectivity index (χ1) is 9.52. The highest BCUT2D eigenvalue weighted by Crippen LogP contribution is 2.19. The van der Waals surface area contributed by atoms with Crippen molar-refractivity contribution in [2.45, 2.75) is 46.7 Å². The Hall–Kier alpha value is -0.860. The van der Waals surface area contributed by atoms with Gasteiger partial charge in [-0.05, 0) is 37.3 Å². The Morgan fingerprint density at radius 1 is 1.20 bits per heavy atom. The highest BCUT2D eigenvalue weighted by Gasteiger charge is 2.24. The number of nitrogens with zero attached hydrogens (tertiary/aromatic N) is 1. The zero-order valence-corrected chi connectivity index (χ0v) is 13.5. The number of piperidine rings is 1. The van der Waals surface area contributed by atoms with Gasteiger partial charge in [0.1, 0.15) is 0 Å². The Balaban J connectivity index is 1.88. The molecule has 1 fully saturated rings. The van der Waals surface area contributed by atoms with Gasteiger partial charge in [-0.25, -0.2) is 0 Å². The molecule has 1 aromatic rings. The largest absolute Gasteiger partial charge is 0.312 e. The van der Waals surface area contributed by atoms with E-state index in [4.69, 9.17) is 0 Å². The van der Waals surface area contributed by atoms with E-state index < -0.39 is 0 Å². The van der Waals surface area contributed by atoms with E-state index in [-0.39, 0.29) is 0 Å². The quantitative estimate of drug-likeness (QED) is 0.884. The molecular formula is C18H30N2. The number of hydrogen-bond acceptors (Lipinski definition) is 2. The summed E-state index contributed by atoms with van der Waals surface area (Å²) < 4.78 is 0. The Kier molecular flexibility index (Phi) is 5.62. The number of aryl methyl sites for hydroxylation is 1. The maximum atomic E-state index is 3.73. The molecule has 2 unspecified atom stereocenters. The van der Waals surface area contributed by atoms with Crippen LogP contribution in [0, 0.1) is 18.8 Å². The summed E-state index contributed by atoms with van der Waals surface area (Å²) in [6.45, 7) is 13.7. The normalized spacial score (nSPS) is 24.2. The summed E-state index contributed by atoms with van der Waals surface area (Å²) in [5.41, 5.74) is 2.78. The van der Waals surface area contributed by atoms with E-state index in [1.54, 1.807) is 0 Å². The van der Waals surface area contributed by atoms with Gasteiger partial charge in [-0.3, -0.25) is 4.90 Å². The van der Waals surface area contributed by atoms with E-state index >= 15 is 0 Å². The van der Waals surface area contributed by atoms with Crippen LogP contribution >= 0.6 is 0 Å². The summed E-state index contributed by atoms with van der Waals surface area (Å²) >= 11 is 0. The molecule has 1 aromatic carbocycles. The summed E-state index contributed by atoms with van der Waals surface area (Å²) in [7, 11) is 0. The minimum absolute atomic E-state index is 0.659. The number of benzene rings is 1. The third kappa shape index (κ3) is 4.92. The van der Waals surface area contributed by atoms with E-state index in [1.807, 2.05) is 0 Å². The predicted molar refractivity (Wildman–Crippen MR) is 86.9 cm³/mol. The van der Waals surface area contributed by atoms with Crippen molar-refractivity contribution in [2.75, 3.05) is 19.6 Å². The predicted octanol–water partition coefficient (Wildman–Crippen LogP) is 3.45. The minimum atomic E-state index is 0.659. The first kappa shape index (κ1) is 15.5. The molecule has 2 rings (SSSR count). The maximum absolute atomic E-state index is 3.73. The summed E-state index contributed by atoms with van der Waals surface area (Å²) in [6.07, 6.45) is 1.32. The molecule has 0 bridgehead atoms. The number of rotatable bonds is 5. The molecule has 2 nitrogen and oxygen atoms in total. The molecule has 0 aliphatic carbocycles. The molecule has 112 valence electrons. The van der Waals surface area contributed by atoms with Gasteiger partial charge < -0.3 is 5.32 Å². The van der Waals surface area contributed by atoms with Gasteiger partial charge >= 0.3 is 0 Å². The molecule has 1 saturated heterocycles. The van der Waals surface area contributed by atoms with Gasteiger partial charge in [0, 0.05) is 25.7 Å². The Morgan fingerprint density at radius 3 is 2.55 bits per heavy atom. The Labute approximate surface area is 124 Å².